The van der Waals surface area contributed by atoms with E-state index in [-0.39, 0.29) is 23.1 Å². The average Bonchev–Trinajstić information content (AvgIpc) is 2.63. The number of carbonyl (C=O) groups excluding carboxylic acids is 1. The van der Waals surface area contributed by atoms with E-state index in [9.17, 15) is 13.2 Å². The van der Waals surface area contributed by atoms with Crippen LogP contribution in [0.1, 0.15) is 5.69 Å². The van der Waals surface area contributed by atoms with Crippen LogP contribution in [0.25, 0.3) is 0 Å². The lowest BCUT2D eigenvalue weighted by atomic mass is 10.4. The van der Waals surface area contributed by atoms with E-state index in [4.69, 9.17) is 11.6 Å². The van der Waals surface area contributed by atoms with Gasteiger partial charge in [0.1, 0.15) is 10.0 Å². The molecular weight excluding hydrogens is 292 g/mol. The molecule has 2 heterocycles. The fourth-order valence-electron chi connectivity index (χ4n) is 2.08. The van der Waals surface area contributed by atoms with Gasteiger partial charge < -0.3 is 4.90 Å². The largest absolute Gasteiger partial charge is 0.343 e. The van der Waals surface area contributed by atoms with E-state index in [0.29, 0.717) is 18.8 Å². The average molecular weight is 307 g/mol. The van der Waals surface area contributed by atoms with E-state index < -0.39 is 10.0 Å². The molecule has 1 saturated heterocycles. The molecule has 0 unspecified atom stereocenters. The molecule has 0 N–H and O–H groups in total. The minimum Gasteiger partial charge on any atom is -0.343 e. The molecule has 106 valence electrons. The molecule has 0 spiro atoms. The molecule has 7 nitrogen and oxygen atoms in total. The van der Waals surface area contributed by atoms with E-state index in [1.807, 2.05) is 0 Å². The Kier molecular flexibility index (Phi) is 3.84. The Bertz CT molecular complexity index is 590. The molecule has 9 heteroatoms. The highest BCUT2D eigenvalue weighted by atomic mass is 35.5. The molecule has 1 aliphatic rings. The van der Waals surface area contributed by atoms with Crippen molar-refractivity contribution < 1.29 is 13.2 Å². The monoisotopic (exact) mass is 306 g/mol. The van der Waals surface area contributed by atoms with Crippen LogP contribution in [-0.4, -0.2) is 60.0 Å². The maximum absolute atomic E-state index is 12.5. The number of aromatic nitrogens is 2. The molecule has 0 aromatic carbocycles. The second-order valence-corrected chi connectivity index (χ2v) is 6.61. The van der Waals surface area contributed by atoms with Crippen molar-refractivity contribution in [3.63, 3.8) is 0 Å². The van der Waals surface area contributed by atoms with Gasteiger partial charge in [0.05, 0.1) is 5.69 Å². The lowest BCUT2D eigenvalue weighted by molar-refractivity contribution is -0.119. The zero-order valence-electron chi connectivity index (χ0n) is 10.7. The van der Waals surface area contributed by atoms with Crippen molar-refractivity contribution in [2.75, 3.05) is 26.2 Å². The van der Waals surface area contributed by atoms with Crippen LogP contribution in [0.2, 0.25) is 5.15 Å². The predicted molar refractivity (Wildman–Crippen MR) is 69.4 cm³/mol. The number of sulfonamides is 1. The minimum absolute atomic E-state index is 0.0521. The van der Waals surface area contributed by atoms with Gasteiger partial charge >= 0.3 is 0 Å². The van der Waals surface area contributed by atoms with Gasteiger partial charge in [0.25, 0.3) is 0 Å². The molecule has 1 amide bonds. The summed E-state index contributed by atoms with van der Waals surface area (Å²) in [5.41, 5.74) is 0.380. The van der Waals surface area contributed by atoms with Crippen LogP contribution >= 0.6 is 11.6 Å². The van der Waals surface area contributed by atoms with Gasteiger partial charge in [-0.15, -0.1) is 0 Å². The summed E-state index contributed by atoms with van der Waals surface area (Å²) < 4.78 is 27.7. The quantitative estimate of drug-likeness (QED) is 0.728. The topological polar surface area (TPSA) is 75.5 Å². The second kappa shape index (κ2) is 5.10. The third kappa shape index (κ3) is 2.47. The van der Waals surface area contributed by atoms with E-state index >= 15 is 0 Å². The molecule has 1 aromatic heterocycles. The first-order valence-corrected chi connectivity index (χ1v) is 7.58. The fourth-order valence-corrected chi connectivity index (χ4v) is 4.21. The third-order valence-electron chi connectivity index (χ3n) is 3.12. The molecule has 0 radical (unpaired) electrons. The standard InChI is InChI=1S/C10H15ClN4O3S/c1-8-9(10(11)13(2)12-8)19(17,18)15-5-3-14(7-16)4-6-15/h7H,3-6H2,1-2H3. The lowest BCUT2D eigenvalue weighted by Gasteiger charge is -2.31. The molecule has 1 aliphatic heterocycles. The summed E-state index contributed by atoms with van der Waals surface area (Å²) in [7, 11) is -2.06. The maximum atomic E-state index is 12.5. The summed E-state index contributed by atoms with van der Waals surface area (Å²) in [6.07, 6.45) is 0.728. The van der Waals surface area contributed by atoms with Crippen LogP contribution < -0.4 is 0 Å². The van der Waals surface area contributed by atoms with Gasteiger partial charge in [-0.25, -0.2) is 8.42 Å². The number of aryl methyl sites for hydroxylation is 2. The van der Waals surface area contributed by atoms with Gasteiger partial charge in [0.2, 0.25) is 16.4 Å². The Hall–Kier alpha value is -1.12. The van der Waals surface area contributed by atoms with Gasteiger partial charge in [-0.05, 0) is 6.92 Å². The van der Waals surface area contributed by atoms with Crippen LogP contribution in [0.3, 0.4) is 0 Å². The molecule has 1 fully saturated rings. The lowest BCUT2D eigenvalue weighted by Crippen LogP contribution is -2.48. The summed E-state index contributed by atoms with van der Waals surface area (Å²) in [4.78, 5) is 12.2. The Labute approximate surface area is 116 Å². The zero-order valence-corrected chi connectivity index (χ0v) is 12.3. The van der Waals surface area contributed by atoms with Gasteiger partial charge in [-0.1, -0.05) is 11.6 Å². The zero-order chi connectivity index (χ0) is 14.2. The van der Waals surface area contributed by atoms with E-state index in [2.05, 4.69) is 5.10 Å². The predicted octanol–water partition coefficient (Wildman–Crippen LogP) is -0.155. The molecule has 2 rings (SSSR count). The third-order valence-corrected chi connectivity index (χ3v) is 5.72. The Balaban J connectivity index is 2.31. The van der Waals surface area contributed by atoms with Crippen LogP contribution in [0.5, 0.6) is 0 Å². The number of amides is 1. The molecule has 0 aliphatic carbocycles. The molecule has 0 saturated carbocycles. The first-order chi connectivity index (χ1) is 8.87. The van der Waals surface area contributed by atoms with Crippen molar-refractivity contribution >= 4 is 28.0 Å². The number of carbonyl (C=O) groups is 1. The summed E-state index contributed by atoms with van der Waals surface area (Å²) in [5, 5.41) is 4.12. The van der Waals surface area contributed by atoms with Crippen molar-refractivity contribution in [1.82, 2.24) is 19.0 Å². The maximum Gasteiger partial charge on any atom is 0.248 e. The highest BCUT2D eigenvalue weighted by Crippen LogP contribution is 2.27. The molecule has 0 atom stereocenters. The van der Waals surface area contributed by atoms with Crippen molar-refractivity contribution in [2.24, 2.45) is 7.05 Å². The number of halogens is 1. The van der Waals surface area contributed by atoms with Gasteiger partial charge in [0.15, 0.2) is 0 Å². The summed E-state index contributed by atoms with van der Waals surface area (Å²) in [6.45, 7) is 2.93. The van der Waals surface area contributed by atoms with E-state index in [1.165, 1.54) is 8.99 Å². The molecule has 19 heavy (non-hydrogen) atoms. The van der Waals surface area contributed by atoms with Crippen molar-refractivity contribution in [1.29, 1.82) is 0 Å². The Morgan fingerprint density at radius 3 is 2.26 bits per heavy atom. The van der Waals surface area contributed by atoms with Gasteiger partial charge in [0, 0.05) is 33.2 Å². The van der Waals surface area contributed by atoms with Crippen LogP contribution in [0, 0.1) is 6.92 Å². The SMILES string of the molecule is Cc1nn(C)c(Cl)c1S(=O)(=O)N1CCN(C=O)CC1. The van der Waals surface area contributed by atoms with Crippen molar-refractivity contribution in [3.8, 4) is 0 Å². The van der Waals surface area contributed by atoms with Gasteiger partial charge in [-0.2, -0.15) is 9.40 Å². The molecule has 0 bridgehead atoms. The molecular formula is C10H15ClN4O3S. The first kappa shape index (κ1) is 14.3. The van der Waals surface area contributed by atoms with Crippen molar-refractivity contribution in [2.45, 2.75) is 11.8 Å². The number of hydrogen-bond donors (Lipinski definition) is 0. The summed E-state index contributed by atoms with van der Waals surface area (Å²) in [6, 6.07) is 0. The number of piperazine rings is 1. The van der Waals surface area contributed by atoms with Crippen LogP contribution in [0.4, 0.5) is 0 Å². The number of rotatable bonds is 3. The normalized spacial score (nSPS) is 17.7. The van der Waals surface area contributed by atoms with E-state index in [0.717, 1.165) is 6.41 Å². The Morgan fingerprint density at radius 1 is 1.26 bits per heavy atom. The summed E-state index contributed by atoms with van der Waals surface area (Å²) >= 11 is 6.00. The Morgan fingerprint density at radius 2 is 1.84 bits per heavy atom. The number of nitrogens with zero attached hydrogens (tertiary/aromatic N) is 4. The summed E-state index contributed by atoms with van der Waals surface area (Å²) in [5.74, 6) is 0. The van der Waals surface area contributed by atoms with Crippen LogP contribution in [-0.2, 0) is 21.9 Å². The van der Waals surface area contributed by atoms with E-state index in [1.54, 1.807) is 18.9 Å². The van der Waals surface area contributed by atoms with Gasteiger partial charge in [-0.3, -0.25) is 9.48 Å². The number of hydrogen-bond acceptors (Lipinski definition) is 4. The minimum atomic E-state index is -3.66. The molecule has 1 aromatic rings. The smallest absolute Gasteiger partial charge is 0.248 e. The second-order valence-electron chi connectivity index (χ2n) is 4.37. The first-order valence-electron chi connectivity index (χ1n) is 5.76. The fraction of sp³-hybridized carbons (Fsp3) is 0.600. The highest BCUT2D eigenvalue weighted by Gasteiger charge is 2.33. The van der Waals surface area contributed by atoms with Crippen LogP contribution in [0.15, 0.2) is 4.90 Å². The van der Waals surface area contributed by atoms with Crippen molar-refractivity contribution in [3.05, 3.63) is 10.8 Å². The highest BCUT2D eigenvalue weighted by molar-refractivity contribution is 7.89.